The number of amides is 1. The van der Waals surface area contributed by atoms with E-state index in [4.69, 9.17) is 5.73 Å². The highest BCUT2D eigenvalue weighted by molar-refractivity contribution is 5.95. The van der Waals surface area contributed by atoms with Gasteiger partial charge in [-0.05, 0) is 25.0 Å². The van der Waals surface area contributed by atoms with E-state index in [1.807, 2.05) is 55.9 Å². The maximum atomic E-state index is 12.6. The van der Waals surface area contributed by atoms with Gasteiger partial charge in [-0.1, -0.05) is 26.0 Å². The van der Waals surface area contributed by atoms with Gasteiger partial charge in [-0.15, -0.1) is 0 Å². The van der Waals surface area contributed by atoms with Crippen LogP contribution < -0.4 is 11.1 Å². The molecule has 5 heteroatoms. The first-order valence-corrected chi connectivity index (χ1v) is 7.65. The highest BCUT2D eigenvalue weighted by Gasteiger charge is 2.33. The minimum atomic E-state index is -0.501. The van der Waals surface area contributed by atoms with Gasteiger partial charge >= 0.3 is 0 Å². The SMILES string of the molecule is CCC(CC)(CN)C(=O)Nc1cccc(-c2nccn2C)c1. The van der Waals surface area contributed by atoms with E-state index in [9.17, 15) is 4.79 Å². The number of imidazole rings is 1. The molecule has 1 aromatic carbocycles. The van der Waals surface area contributed by atoms with Crippen molar-refractivity contribution in [1.29, 1.82) is 0 Å². The smallest absolute Gasteiger partial charge is 0.231 e. The number of nitrogens with one attached hydrogen (secondary N) is 1. The highest BCUT2D eigenvalue weighted by Crippen LogP contribution is 2.28. The van der Waals surface area contributed by atoms with Crippen LogP contribution in [0, 0.1) is 5.41 Å². The molecule has 0 aliphatic rings. The summed E-state index contributed by atoms with van der Waals surface area (Å²) in [4.78, 5) is 16.9. The zero-order chi connectivity index (χ0) is 16.2. The topological polar surface area (TPSA) is 72.9 Å². The van der Waals surface area contributed by atoms with Crippen LogP contribution in [0.2, 0.25) is 0 Å². The van der Waals surface area contributed by atoms with Gasteiger partial charge in [0.2, 0.25) is 5.91 Å². The largest absolute Gasteiger partial charge is 0.334 e. The van der Waals surface area contributed by atoms with E-state index in [1.54, 1.807) is 6.20 Å². The molecule has 0 radical (unpaired) electrons. The number of aromatic nitrogens is 2. The fourth-order valence-corrected chi connectivity index (χ4v) is 2.60. The van der Waals surface area contributed by atoms with Gasteiger partial charge in [0.25, 0.3) is 0 Å². The van der Waals surface area contributed by atoms with Gasteiger partial charge in [-0.25, -0.2) is 4.98 Å². The summed E-state index contributed by atoms with van der Waals surface area (Å²) in [6, 6.07) is 7.72. The standard InChI is InChI=1S/C17H24N4O/c1-4-17(5-2,12-18)16(22)20-14-8-6-7-13(11-14)15-19-9-10-21(15)3/h6-11H,4-5,12,18H2,1-3H3,(H,20,22). The number of hydrogen-bond donors (Lipinski definition) is 2. The molecule has 2 rings (SSSR count). The summed E-state index contributed by atoms with van der Waals surface area (Å²) in [6.07, 6.45) is 5.11. The van der Waals surface area contributed by atoms with Crippen molar-refractivity contribution >= 4 is 11.6 Å². The molecule has 118 valence electrons. The summed E-state index contributed by atoms with van der Waals surface area (Å²) in [6.45, 7) is 4.35. The normalized spacial score (nSPS) is 11.5. The Morgan fingerprint density at radius 1 is 1.36 bits per heavy atom. The Hall–Kier alpha value is -2.14. The molecule has 0 aliphatic heterocycles. The number of carbonyl (C=O) groups is 1. The summed E-state index contributed by atoms with van der Waals surface area (Å²) in [5.41, 5.74) is 7.07. The molecule has 5 nitrogen and oxygen atoms in total. The third-order valence-corrected chi connectivity index (χ3v) is 4.43. The monoisotopic (exact) mass is 300 g/mol. The Bertz CT molecular complexity index is 635. The van der Waals surface area contributed by atoms with Gasteiger partial charge in [0.1, 0.15) is 5.82 Å². The number of benzene rings is 1. The maximum Gasteiger partial charge on any atom is 0.231 e. The van der Waals surface area contributed by atoms with Crippen molar-refractivity contribution in [2.45, 2.75) is 26.7 Å². The van der Waals surface area contributed by atoms with Crippen LogP contribution in [0.15, 0.2) is 36.7 Å². The van der Waals surface area contributed by atoms with E-state index in [0.29, 0.717) is 6.54 Å². The zero-order valence-electron chi connectivity index (χ0n) is 13.5. The number of anilines is 1. The Morgan fingerprint density at radius 3 is 2.64 bits per heavy atom. The first-order chi connectivity index (χ1) is 10.6. The minimum absolute atomic E-state index is 0.0167. The fraction of sp³-hybridized carbons (Fsp3) is 0.412. The molecule has 1 amide bonds. The van der Waals surface area contributed by atoms with Crippen molar-refractivity contribution in [3.05, 3.63) is 36.7 Å². The number of rotatable bonds is 6. The lowest BCUT2D eigenvalue weighted by Gasteiger charge is -2.28. The summed E-state index contributed by atoms with van der Waals surface area (Å²) in [5.74, 6) is 0.851. The lowest BCUT2D eigenvalue weighted by atomic mass is 9.81. The van der Waals surface area contributed by atoms with E-state index in [-0.39, 0.29) is 5.91 Å². The van der Waals surface area contributed by atoms with Crippen molar-refractivity contribution in [1.82, 2.24) is 9.55 Å². The van der Waals surface area contributed by atoms with Gasteiger partial charge in [-0.3, -0.25) is 4.79 Å². The minimum Gasteiger partial charge on any atom is -0.334 e. The van der Waals surface area contributed by atoms with E-state index in [1.165, 1.54) is 0 Å². The third kappa shape index (κ3) is 3.04. The van der Waals surface area contributed by atoms with E-state index in [0.717, 1.165) is 29.9 Å². The van der Waals surface area contributed by atoms with Crippen LogP contribution in [0.4, 0.5) is 5.69 Å². The first-order valence-electron chi connectivity index (χ1n) is 7.65. The molecule has 0 bridgehead atoms. The number of nitrogens with two attached hydrogens (primary N) is 1. The second-order valence-electron chi connectivity index (χ2n) is 5.59. The molecular weight excluding hydrogens is 276 g/mol. The number of aryl methyl sites for hydroxylation is 1. The van der Waals surface area contributed by atoms with Gasteiger partial charge in [0.05, 0.1) is 5.41 Å². The van der Waals surface area contributed by atoms with E-state index < -0.39 is 5.41 Å². The van der Waals surface area contributed by atoms with Crippen molar-refractivity contribution in [3.63, 3.8) is 0 Å². The summed E-state index contributed by atoms with van der Waals surface area (Å²) >= 11 is 0. The van der Waals surface area contributed by atoms with Crippen LogP contribution in [0.1, 0.15) is 26.7 Å². The first kappa shape index (κ1) is 16.2. The van der Waals surface area contributed by atoms with E-state index >= 15 is 0 Å². The van der Waals surface area contributed by atoms with Crippen molar-refractivity contribution < 1.29 is 4.79 Å². The summed E-state index contributed by atoms with van der Waals surface area (Å²) in [7, 11) is 1.95. The Balaban J connectivity index is 2.24. The predicted octanol–water partition coefficient (Wildman–Crippen LogP) is 2.79. The molecule has 0 fully saturated rings. The molecule has 0 unspecified atom stereocenters. The van der Waals surface area contributed by atoms with Gasteiger partial charge in [-0.2, -0.15) is 0 Å². The average Bonchev–Trinajstić information content (AvgIpc) is 2.96. The predicted molar refractivity (Wildman–Crippen MR) is 89.3 cm³/mol. The Labute approximate surface area is 131 Å². The third-order valence-electron chi connectivity index (χ3n) is 4.43. The molecule has 1 heterocycles. The van der Waals surface area contributed by atoms with Crippen molar-refractivity contribution in [2.75, 3.05) is 11.9 Å². The lowest BCUT2D eigenvalue weighted by Crippen LogP contribution is -2.41. The Kier molecular flexibility index (Phi) is 4.98. The molecule has 3 N–H and O–H groups in total. The number of nitrogens with zero attached hydrogens (tertiary/aromatic N) is 2. The molecule has 0 saturated heterocycles. The lowest BCUT2D eigenvalue weighted by molar-refractivity contribution is -0.125. The summed E-state index contributed by atoms with van der Waals surface area (Å²) in [5, 5.41) is 3.00. The second kappa shape index (κ2) is 6.75. The van der Waals surface area contributed by atoms with Gasteiger partial charge < -0.3 is 15.6 Å². The quantitative estimate of drug-likeness (QED) is 0.861. The van der Waals surface area contributed by atoms with Gasteiger partial charge in [0, 0.05) is 37.2 Å². The number of carbonyl (C=O) groups excluding carboxylic acids is 1. The zero-order valence-corrected chi connectivity index (χ0v) is 13.5. The molecule has 2 aromatic rings. The highest BCUT2D eigenvalue weighted by atomic mass is 16.2. The van der Waals surface area contributed by atoms with Crippen LogP contribution >= 0.6 is 0 Å². The van der Waals surface area contributed by atoms with Crippen molar-refractivity contribution in [2.24, 2.45) is 18.2 Å². The molecule has 1 aromatic heterocycles. The molecule has 22 heavy (non-hydrogen) atoms. The second-order valence-corrected chi connectivity index (χ2v) is 5.59. The average molecular weight is 300 g/mol. The number of hydrogen-bond acceptors (Lipinski definition) is 3. The maximum absolute atomic E-state index is 12.6. The molecule has 0 saturated carbocycles. The van der Waals surface area contributed by atoms with Crippen LogP contribution in [-0.4, -0.2) is 22.0 Å². The van der Waals surface area contributed by atoms with Crippen LogP contribution in [-0.2, 0) is 11.8 Å². The molecular formula is C17H24N4O. The van der Waals surface area contributed by atoms with Crippen LogP contribution in [0.3, 0.4) is 0 Å². The van der Waals surface area contributed by atoms with Crippen LogP contribution in [0.25, 0.3) is 11.4 Å². The van der Waals surface area contributed by atoms with Gasteiger partial charge in [0.15, 0.2) is 0 Å². The molecule has 0 atom stereocenters. The van der Waals surface area contributed by atoms with E-state index in [2.05, 4.69) is 10.3 Å². The molecule has 0 aliphatic carbocycles. The fourth-order valence-electron chi connectivity index (χ4n) is 2.60. The van der Waals surface area contributed by atoms with Crippen molar-refractivity contribution in [3.8, 4) is 11.4 Å². The molecule has 0 spiro atoms. The van der Waals surface area contributed by atoms with Crippen LogP contribution in [0.5, 0.6) is 0 Å². The summed E-state index contributed by atoms with van der Waals surface area (Å²) < 4.78 is 1.95. The Morgan fingerprint density at radius 2 is 2.09 bits per heavy atom.